The summed E-state index contributed by atoms with van der Waals surface area (Å²) in [6.45, 7) is 4.14. The summed E-state index contributed by atoms with van der Waals surface area (Å²) >= 11 is 0. The van der Waals surface area contributed by atoms with Gasteiger partial charge in [-0.25, -0.2) is 14.6 Å². The largest absolute Gasteiger partial charge is 0.462 e. The average Bonchev–Trinajstić information content (AvgIpc) is 2.58. The van der Waals surface area contributed by atoms with E-state index in [2.05, 4.69) is 15.6 Å². The first-order valence-corrected chi connectivity index (χ1v) is 7.56. The Morgan fingerprint density at radius 2 is 1.62 bits per heavy atom. The molecule has 0 saturated heterocycles. The number of carbonyl (C=O) groups excluding carboxylic acids is 2. The van der Waals surface area contributed by atoms with Crippen molar-refractivity contribution < 1.29 is 19.1 Å². The fourth-order valence-electron chi connectivity index (χ4n) is 1.88. The van der Waals surface area contributed by atoms with Crippen molar-refractivity contribution >= 4 is 29.3 Å². The van der Waals surface area contributed by atoms with Crippen molar-refractivity contribution in [2.75, 3.05) is 23.8 Å². The number of nitrogens with one attached hydrogen (secondary N) is 2. The molecule has 1 heterocycles. The molecule has 2 rings (SSSR count). The molecule has 7 nitrogen and oxygen atoms in total. The van der Waals surface area contributed by atoms with Gasteiger partial charge in [-0.05, 0) is 50.2 Å². The van der Waals surface area contributed by atoms with Crippen LogP contribution in [0.25, 0.3) is 0 Å². The van der Waals surface area contributed by atoms with Crippen LogP contribution in [-0.4, -0.2) is 30.3 Å². The topological polar surface area (TPSA) is 89.6 Å². The summed E-state index contributed by atoms with van der Waals surface area (Å²) in [6.07, 6.45) is 1.04. The highest BCUT2D eigenvalue weighted by molar-refractivity contribution is 5.90. The fourth-order valence-corrected chi connectivity index (χ4v) is 1.88. The van der Waals surface area contributed by atoms with Crippen molar-refractivity contribution in [1.82, 2.24) is 4.98 Å². The molecular formula is C17H19N3O4. The van der Waals surface area contributed by atoms with Crippen molar-refractivity contribution in [3.63, 3.8) is 0 Å². The van der Waals surface area contributed by atoms with E-state index in [1.165, 1.54) is 0 Å². The third kappa shape index (κ3) is 4.98. The monoisotopic (exact) mass is 329 g/mol. The van der Waals surface area contributed by atoms with E-state index in [9.17, 15) is 9.59 Å². The summed E-state index contributed by atoms with van der Waals surface area (Å²) in [5, 5.41) is 5.66. The fraction of sp³-hybridized carbons (Fsp3) is 0.235. The van der Waals surface area contributed by atoms with Gasteiger partial charge in [-0.15, -0.1) is 0 Å². The van der Waals surface area contributed by atoms with Crippen LogP contribution in [0, 0.1) is 0 Å². The third-order valence-corrected chi connectivity index (χ3v) is 2.95. The number of hydrogen-bond donors (Lipinski definition) is 2. The molecule has 1 amide bonds. The van der Waals surface area contributed by atoms with Crippen molar-refractivity contribution in [1.29, 1.82) is 0 Å². The molecule has 7 heteroatoms. The first-order valence-electron chi connectivity index (χ1n) is 7.56. The lowest BCUT2D eigenvalue weighted by molar-refractivity contribution is 0.0526. The first-order chi connectivity index (χ1) is 11.6. The highest BCUT2D eigenvalue weighted by atomic mass is 16.5. The van der Waals surface area contributed by atoms with Gasteiger partial charge in [0, 0.05) is 5.69 Å². The predicted octanol–water partition coefficient (Wildman–Crippen LogP) is 3.57. The van der Waals surface area contributed by atoms with Gasteiger partial charge in [0.15, 0.2) is 0 Å². The summed E-state index contributed by atoms with van der Waals surface area (Å²) in [4.78, 5) is 27.0. The lowest BCUT2D eigenvalue weighted by Gasteiger charge is -2.08. The molecule has 0 bridgehead atoms. The molecule has 2 N–H and O–H groups in total. The minimum absolute atomic E-state index is 0.299. The van der Waals surface area contributed by atoms with Crippen LogP contribution < -0.4 is 10.6 Å². The van der Waals surface area contributed by atoms with E-state index < -0.39 is 6.09 Å². The van der Waals surface area contributed by atoms with Crippen LogP contribution in [-0.2, 0) is 9.47 Å². The van der Waals surface area contributed by atoms with Gasteiger partial charge in [-0.2, -0.15) is 0 Å². The molecular weight excluding hydrogens is 310 g/mol. The van der Waals surface area contributed by atoms with E-state index in [-0.39, 0.29) is 5.97 Å². The maximum atomic E-state index is 11.6. The average molecular weight is 329 g/mol. The van der Waals surface area contributed by atoms with Crippen LogP contribution in [0.1, 0.15) is 24.2 Å². The number of benzene rings is 1. The zero-order valence-electron chi connectivity index (χ0n) is 13.5. The van der Waals surface area contributed by atoms with Gasteiger partial charge in [0.05, 0.1) is 30.7 Å². The number of anilines is 3. The zero-order chi connectivity index (χ0) is 17.4. The lowest BCUT2D eigenvalue weighted by atomic mass is 10.2. The van der Waals surface area contributed by atoms with Crippen molar-refractivity contribution in [3.8, 4) is 0 Å². The summed E-state index contributed by atoms with van der Waals surface area (Å²) in [5.41, 5.74) is 2.04. The van der Waals surface area contributed by atoms with Gasteiger partial charge in [-0.1, -0.05) is 0 Å². The first kappa shape index (κ1) is 17.3. The van der Waals surface area contributed by atoms with E-state index in [1.807, 2.05) is 0 Å². The second-order valence-electron chi connectivity index (χ2n) is 4.70. The number of aromatic nitrogens is 1. The molecule has 0 aliphatic heterocycles. The highest BCUT2D eigenvalue weighted by Gasteiger charge is 2.06. The van der Waals surface area contributed by atoms with E-state index in [0.29, 0.717) is 24.6 Å². The Kier molecular flexibility index (Phi) is 6.13. The number of hydrogen-bond acceptors (Lipinski definition) is 6. The van der Waals surface area contributed by atoms with Crippen LogP contribution in [0.3, 0.4) is 0 Å². The number of carbonyl (C=O) groups is 2. The van der Waals surface area contributed by atoms with Gasteiger partial charge in [-0.3, -0.25) is 5.32 Å². The molecule has 0 spiro atoms. The van der Waals surface area contributed by atoms with Gasteiger partial charge in [0.1, 0.15) is 5.82 Å². The van der Waals surface area contributed by atoms with E-state index in [0.717, 1.165) is 11.4 Å². The van der Waals surface area contributed by atoms with Crippen molar-refractivity contribution in [3.05, 3.63) is 48.2 Å². The minimum Gasteiger partial charge on any atom is -0.462 e. The number of nitrogens with zero attached hydrogens (tertiary/aromatic N) is 1. The molecule has 0 aliphatic carbocycles. The van der Waals surface area contributed by atoms with E-state index >= 15 is 0 Å². The van der Waals surface area contributed by atoms with Crippen LogP contribution in [0.2, 0.25) is 0 Å². The maximum Gasteiger partial charge on any atom is 0.412 e. The summed E-state index contributed by atoms with van der Waals surface area (Å²) in [7, 11) is 0. The lowest BCUT2D eigenvalue weighted by Crippen LogP contribution is -2.14. The van der Waals surface area contributed by atoms with E-state index in [1.54, 1.807) is 56.4 Å². The second kappa shape index (κ2) is 8.52. The van der Waals surface area contributed by atoms with Gasteiger partial charge in [0.25, 0.3) is 0 Å². The molecule has 1 aromatic heterocycles. The molecule has 0 aliphatic rings. The quantitative estimate of drug-likeness (QED) is 0.788. The van der Waals surface area contributed by atoms with Crippen molar-refractivity contribution in [2.24, 2.45) is 0 Å². The number of esters is 1. The molecule has 0 fully saturated rings. The normalized spacial score (nSPS) is 9.92. The molecule has 0 atom stereocenters. The second-order valence-corrected chi connectivity index (χ2v) is 4.70. The standard InChI is InChI=1S/C17H19N3O4/c1-3-23-16(21)12-5-7-13(8-6-12)19-14-9-10-15(18-11-14)20-17(22)24-4-2/h5-11,19H,3-4H2,1-2H3,(H,18,20,22). The predicted molar refractivity (Wildman–Crippen MR) is 90.6 cm³/mol. The van der Waals surface area contributed by atoms with Gasteiger partial charge in [0.2, 0.25) is 0 Å². The zero-order valence-corrected chi connectivity index (χ0v) is 13.5. The van der Waals surface area contributed by atoms with Crippen LogP contribution in [0.4, 0.5) is 22.0 Å². The molecule has 2 aromatic rings. The Bertz CT molecular complexity index is 684. The SMILES string of the molecule is CCOC(=O)Nc1ccc(Nc2ccc(C(=O)OCC)cc2)cn1. The minimum atomic E-state index is -0.541. The maximum absolute atomic E-state index is 11.6. The smallest absolute Gasteiger partial charge is 0.412 e. The van der Waals surface area contributed by atoms with Crippen LogP contribution >= 0.6 is 0 Å². The Morgan fingerprint density at radius 3 is 2.21 bits per heavy atom. The Hall–Kier alpha value is -3.09. The third-order valence-electron chi connectivity index (χ3n) is 2.95. The number of ether oxygens (including phenoxy) is 2. The molecule has 1 aromatic carbocycles. The Morgan fingerprint density at radius 1 is 0.958 bits per heavy atom. The van der Waals surface area contributed by atoms with Gasteiger partial charge >= 0.3 is 12.1 Å². The van der Waals surface area contributed by atoms with Crippen LogP contribution in [0.15, 0.2) is 42.6 Å². The molecule has 0 radical (unpaired) electrons. The molecule has 24 heavy (non-hydrogen) atoms. The highest BCUT2D eigenvalue weighted by Crippen LogP contribution is 2.18. The summed E-state index contributed by atoms with van der Waals surface area (Å²) in [5.74, 6) is 0.0526. The summed E-state index contributed by atoms with van der Waals surface area (Å²) in [6, 6.07) is 10.4. The molecule has 0 saturated carbocycles. The molecule has 126 valence electrons. The number of rotatable bonds is 6. The number of pyridine rings is 1. The Labute approximate surface area is 140 Å². The summed E-state index contributed by atoms with van der Waals surface area (Å²) < 4.78 is 9.71. The van der Waals surface area contributed by atoms with Crippen LogP contribution in [0.5, 0.6) is 0 Å². The van der Waals surface area contributed by atoms with Gasteiger partial charge < -0.3 is 14.8 Å². The molecule has 0 unspecified atom stereocenters. The van der Waals surface area contributed by atoms with E-state index in [4.69, 9.17) is 9.47 Å². The Balaban J connectivity index is 1.96. The van der Waals surface area contributed by atoms with Crippen molar-refractivity contribution in [2.45, 2.75) is 13.8 Å². The number of amides is 1.